The summed E-state index contributed by atoms with van der Waals surface area (Å²) >= 11 is 0. The maximum absolute atomic E-state index is 8.57. The zero-order valence-electron chi connectivity index (χ0n) is 6.28. The van der Waals surface area contributed by atoms with E-state index in [4.69, 9.17) is 5.02 Å². The molecule has 0 aromatic carbocycles. The smallest absolute Gasteiger partial charge is 0.328 e. The molecule has 1 N–H and O–H groups in total. The fourth-order valence-corrected chi connectivity index (χ4v) is 0.476. The van der Waals surface area contributed by atoms with Gasteiger partial charge < -0.3 is 5.02 Å². The van der Waals surface area contributed by atoms with Gasteiger partial charge in [0, 0.05) is 13.3 Å². The van der Waals surface area contributed by atoms with E-state index >= 15 is 0 Å². The fraction of sp³-hybridized carbons (Fsp3) is 0.286. The van der Waals surface area contributed by atoms with Gasteiger partial charge in [0.1, 0.15) is 0 Å². The summed E-state index contributed by atoms with van der Waals surface area (Å²) in [4.78, 5) is 3.74. The molecule has 3 heteroatoms. The van der Waals surface area contributed by atoms with Crippen molar-refractivity contribution in [2.24, 2.45) is 4.99 Å². The van der Waals surface area contributed by atoms with Gasteiger partial charge in [-0.05, 0) is 12.4 Å². The molecular formula is C7H11BNO. The third-order valence-corrected chi connectivity index (χ3v) is 0.908. The molecule has 0 atom stereocenters. The second kappa shape index (κ2) is 6.30. The zero-order valence-corrected chi connectivity index (χ0v) is 6.28. The Kier molecular flexibility index (Phi) is 5.78. The van der Waals surface area contributed by atoms with Crippen molar-refractivity contribution in [1.82, 2.24) is 0 Å². The van der Waals surface area contributed by atoms with E-state index in [-0.39, 0.29) is 0 Å². The molecule has 0 fully saturated rings. The normalized spacial score (nSPS) is 13.3. The molecule has 0 aliphatic rings. The lowest BCUT2D eigenvalue weighted by atomic mass is 9.88. The van der Waals surface area contributed by atoms with Crippen LogP contribution in [0.1, 0.15) is 6.92 Å². The van der Waals surface area contributed by atoms with Gasteiger partial charge in [0.2, 0.25) is 0 Å². The van der Waals surface area contributed by atoms with E-state index in [1.165, 1.54) is 0 Å². The minimum absolute atomic E-state index is 0.695. The molecule has 0 saturated carbocycles. The molecule has 0 bridgehead atoms. The van der Waals surface area contributed by atoms with Gasteiger partial charge in [-0.2, -0.15) is 0 Å². The van der Waals surface area contributed by atoms with E-state index in [1.807, 2.05) is 19.1 Å². The molecule has 0 saturated heterocycles. The van der Waals surface area contributed by atoms with Crippen molar-refractivity contribution in [2.75, 3.05) is 7.05 Å². The van der Waals surface area contributed by atoms with Gasteiger partial charge in [0.15, 0.2) is 0 Å². The fourth-order valence-electron chi connectivity index (χ4n) is 0.476. The SMILES string of the molecule is C/C=C/C=C(/[B]O)C=NC. The Morgan fingerprint density at radius 1 is 1.60 bits per heavy atom. The Balaban J connectivity index is 4.04. The summed E-state index contributed by atoms with van der Waals surface area (Å²) < 4.78 is 0. The second-order valence-electron chi connectivity index (χ2n) is 1.71. The van der Waals surface area contributed by atoms with Crippen LogP contribution in [0.5, 0.6) is 0 Å². The Morgan fingerprint density at radius 3 is 2.70 bits per heavy atom. The highest BCUT2D eigenvalue weighted by Crippen LogP contribution is 1.86. The van der Waals surface area contributed by atoms with Crippen molar-refractivity contribution in [2.45, 2.75) is 6.92 Å². The summed E-state index contributed by atoms with van der Waals surface area (Å²) in [6, 6.07) is 0. The Labute approximate surface area is 62.3 Å². The van der Waals surface area contributed by atoms with Crippen LogP contribution in [0.4, 0.5) is 0 Å². The summed E-state index contributed by atoms with van der Waals surface area (Å²) in [6.07, 6.45) is 7.07. The van der Waals surface area contributed by atoms with Gasteiger partial charge in [0.05, 0.1) is 0 Å². The maximum Gasteiger partial charge on any atom is 0.328 e. The number of hydrogen-bond acceptors (Lipinski definition) is 2. The number of allylic oxidation sites excluding steroid dienone is 4. The van der Waals surface area contributed by atoms with E-state index < -0.39 is 0 Å². The first kappa shape index (κ1) is 9.17. The number of nitrogens with zero attached hydrogens (tertiary/aromatic N) is 1. The van der Waals surface area contributed by atoms with Crippen LogP contribution in [0, 0.1) is 0 Å². The van der Waals surface area contributed by atoms with Gasteiger partial charge >= 0.3 is 7.48 Å². The van der Waals surface area contributed by atoms with Crippen LogP contribution in [0.15, 0.2) is 28.7 Å². The lowest BCUT2D eigenvalue weighted by molar-refractivity contribution is 0.613. The van der Waals surface area contributed by atoms with E-state index in [0.717, 1.165) is 7.48 Å². The number of aliphatic imine (C=N–C) groups is 1. The van der Waals surface area contributed by atoms with Crippen LogP contribution in [0.2, 0.25) is 0 Å². The minimum atomic E-state index is 0.695. The van der Waals surface area contributed by atoms with E-state index in [9.17, 15) is 0 Å². The second-order valence-corrected chi connectivity index (χ2v) is 1.71. The quantitative estimate of drug-likeness (QED) is 0.346. The van der Waals surface area contributed by atoms with E-state index in [2.05, 4.69) is 4.99 Å². The first-order chi connectivity index (χ1) is 4.85. The Bertz CT molecular complexity index is 161. The predicted molar refractivity (Wildman–Crippen MR) is 45.3 cm³/mol. The van der Waals surface area contributed by atoms with Crippen molar-refractivity contribution in [3.8, 4) is 0 Å². The minimum Gasteiger partial charge on any atom is -0.450 e. The largest absolute Gasteiger partial charge is 0.450 e. The first-order valence-corrected chi connectivity index (χ1v) is 3.07. The van der Waals surface area contributed by atoms with Crippen LogP contribution >= 0.6 is 0 Å². The molecular weight excluding hydrogens is 125 g/mol. The number of hydrogen-bond donors (Lipinski definition) is 1. The molecule has 53 valence electrons. The van der Waals surface area contributed by atoms with Gasteiger partial charge in [-0.25, -0.2) is 0 Å². The summed E-state index contributed by atoms with van der Waals surface area (Å²) in [5.74, 6) is 0. The molecule has 0 aromatic rings. The van der Waals surface area contributed by atoms with Gasteiger partial charge in [-0.3, -0.25) is 4.99 Å². The van der Waals surface area contributed by atoms with Gasteiger partial charge in [-0.15, -0.1) is 0 Å². The first-order valence-electron chi connectivity index (χ1n) is 3.07. The summed E-state index contributed by atoms with van der Waals surface area (Å²) in [6.45, 7) is 1.91. The van der Waals surface area contributed by atoms with Crippen molar-refractivity contribution in [1.29, 1.82) is 0 Å². The molecule has 0 aromatic heterocycles. The van der Waals surface area contributed by atoms with Crippen LogP contribution in [-0.2, 0) is 0 Å². The van der Waals surface area contributed by atoms with Crippen molar-refractivity contribution >= 4 is 13.7 Å². The van der Waals surface area contributed by atoms with Crippen LogP contribution in [0.25, 0.3) is 0 Å². The van der Waals surface area contributed by atoms with Crippen molar-refractivity contribution in [3.05, 3.63) is 23.7 Å². The summed E-state index contributed by atoms with van der Waals surface area (Å²) in [5, 5.41) is 8.57. The molecule has 0 aliphatic carbocycles. The molecule has 0 amide bonds. The maximum atomic E-state index is 8.57. The lowest BCUT2D eigenvalue weighted by Crippen LogP contribution is -1.95. The average molecular weight is 136 g/mol. The topological polar surface area (TPSA) is 32.6 Å². The molecule has 0 rings (SSSR count). The molecule has 0 unspecified atom stereocenters. The molecule has 0 aliphatic heterocycles. The summed E-state index contributed by atoms with van der Waals surface area (Å²) in [5.41, 5.74) is 0.695. The van der Waals surface area contributed by atoms with Crippen LogP contribution in [0.3, 0.4) is 0 Å². The Morgan fingerprint density at radius 2 is 2.30 bits per heavy atom. The summed E-state index contributed by atoms with van der Waals surface area (Å²) in [7, 11) is 2.68. The lowest BCUT2D eigenvalue weighted by Gasteiger charge is -1.87. The predicted octanol–water partition coefficient (Wildman–Crippen LogP) is 0.758. The molecule has 2 nitrogen and oxygen atoms in total. The molecule has 0 spiro atoms. The highest BCUT2D eigenvalue weighted by Gasteiger charge is 1.88. The third kappa shape index (κ3) is 4.09. The molecule has 10 heavy (non-hydrogen) atoms. The monoisotopic (exact) mass is 136 g/mol. The van der Waals surface area contributed by atoms with Gasteiger partial charge in [0.25, 0.3) is 0 Å². The third-order valence-electron chi connectivity index (χ3n) is 0.908. The highest BCUT2D eigenvalue weighted by molar-refractivity contribution is 6.44. The average Bonchev–Trinajstić information content (AvgIpc) is 1.98. The van der Waals surface area contributed by atoms with Crippen molar-refractivity contribution < 1.29 is 5.02 Å². The van der Waals surface area contributed by atoms with Gasteiger partial charge in [-0.1, -0.05) is 18.2 Å². The zero-order chi connectivity index (χ0) is 7.82. The van der Waals surface area contributed by atoms with Crippen LogP contribution in [-0.4, -0.2) is 25.8 Å². The number of rotatable bonds is 3. The van der Waals surface area contributed by atoms with Crippen molar-refractivity contribution in [3.63, 3.8) is 0 Å². The molecule has 0 heterocycles. The highest BCUT2D eigenvalue weighted by atomic mass is 16.2. The van der Waals surface area contributed by atoms with Crippen LogP contribution < -0.4 is 0 Å². The standard InChI is InChI=1S/C7H11BNO/c1-3-4-5-7(8-10)6-9-2/h3-6,10H,1-2H3/b4-3+,7-5+,9-6?. The Hall–Kier alpha value is -0.825. The van der Waals surface area contributed by atoms with E-state index in [1.54, 1.807) is 19.3 Å². The molecule has 1 radical (unpaired) electrons. The van der Waals surface area contributed by atoms with E-state index in [0.29, 0.717) is 5.47 Å².